The van der Waals surface area contributed by atoms with Crippen LogP contribution in [0.2, 0.25) is 0 Å². The monoisotopic (exact) mass is 436 g/mol. The van der Waals surface area contributed by atoms with Crippen LogP contribution in [0.1, 0.15) is 11.1 Å². The highest BCUT2D eigenvalue weighted by Gasteiger charge is 2.28. The Morgan fingerprint density at radius 2 is 1.33 bits per heavy atom. The maximum absolute atomic E-state index is 9.76. The van der Waals surface area contributed by atoms with Crippen molar-refractivity contribution in [1.29, 1.82) is 0 Å². The van der Waals surface area contributed by atoms with Gasteiger partial charge in [-0.05, 0) is 35.4 Å². The van der Waals surface area contributed by atoms with Gasteiger partial charge in [-0.25, -0.2) is 0 Å². The topological polar surface area (TPSA) is 102 Å². The molecular formula is C21H24O8S. The third kappa shape index (κ3) is 4.76. The summed E-state index contributed by atoms with van der Waals surface area (Å²) in [6, 6.07) is 6.96. The van der Waals surface area contributed by atoms with Gasteiger partial charge in [0.1, 0.15) is 25.4 Å². The van der Waals surface area contributed by atoms with Crippen LogP contribution in [-0.2, 0) is 22.7 Å². The van der Waals surface area contributed by atoms with Crippen LogP contribution in [-0.4, -0.2) is 56.0 Å². The van der Waals surface area contributed by atoms with Gasteiger partial charge in [0.25, 0.3) is 0 Å². The van der Waals surface area contributed by atoms with E-state index >= 15 is 0 Å². The van der Waals surface area contributed by atoms with E-state index in [1.807, 2.05) is 0 Å². The molecule has 162 valence electrons. The third-order valence-electron chi connectivity index (χ3n) is 4.83. The molecule has 2 heterocycles. The van der Waals surface area contributed by atoms with Crippen LogP contribution in [0.4, 0.5) is 0 Å². The van der Waals surface area contributed by atoms with Crippen LogP contribution in [0.3, 0.4) is 0 Å². The van der Waals surface area contributed by atoms with Crippen molar-refractivity contribution in [3.05, 3.63) is 35.4 Å². The van der Waals surface area contributed by atoms with E-state index in [2.05, 4.69) is 12.9 Å². The summed E-state index contributed by atoms with van der Waals surface area (Å²) in [7, 11) is 1.54. The van der Waals surface area contributed by atoms with E-state index in [9.17, 15) is 10.2 Å². The number of hydrogen-bond acceptors (Lipinski definition) is 9. The molecule has 2 saturated heterocycles. The van der Waals surface area contributed by atoms with Gasteiger partial charge in [-0.3, -0.25) is 0 Å². The second kappa shape index (κ2) is 9.32. The fourth-order valence-corrected chi connectivity index (χ4v) is 3.24. The standard InChI is InChI=1S/C21H24O8S/c1-24-18-4-12(6-22)2-16(20(18)27-10-14-8-25-14)17-3-13(7-23)5-19(29-30)21(17)28-11-15-9-26-15/h2-5,14-15,22-23,30H,6-11H2,1H3. The predicted molar refractivity (Wildman–Crippen MR) is 110 cm³/mol. The minimum atomic E-state index is -0.202. The third-order valence-corrected chi connectivity index (χ3v) is 5.03. The second-order valence-electron chi connectivity index (χ2n) is 7.09. The zero-order chi connectivity index (χ0) is 21.1. The van der Waals surface area contributed by atoms with Crippen LogP contribution in [0.5, 0.6) is 23.0 Å². The number of benzene rings is 2. The lowest BCUT2D eigenvalue weighted by atomic mass is 9.97. The van der Waals surface area contributed by atoms with Crippen molar-refractivity contribution in [2.45, 2.75) is 25.4 Å². The molecule has 0 aliphatic carbocycles. The number of rotatable bonds is 11. The lowest BCUT2D eigenvalue weighted by Gasteiger charge is -2.20. The normalized spacial score (nSPS) is 19.3. The van der Waals surface area contributed by atoms with Gasteiger partial charge in [0.05, 0.1) is 33.5 Å². The summed E-state index contributed by atoms with van der Waals surface area (Å²) in [6.07, 6.45) is 0.0760. The number of hydrogen-bond donors (Lipinski definition) is 3. The number of aliphatic hydroxyl groups excluding tert-OH is 2. The number of methoxy groups -OCH3 is 1. The van der Waals surface area contributed by atoms with Gasteiger partial charge >= 0.3 is 0 Å². The summed E-state index contributed by atoms with van der Waals surface area (Å²) in [5.74, 6) is 1.74. The maximum Gasteiger partial charge on any atom is 0.179 e. The molecule has 0 radical (unpaired) electrons. The minimum Gasteiger partial charge on any atom is -0.493 e. The van der Waals surface area contributed by atoms with E-state index in [0.717, 1.165) is 0 Å². The summed E-state index contributed by atoms with van der Waals surface area (Å²) in [5, 5.41) is 19.5. The Morgan fingerprint density at radius 1 is 0.867 bits per heavy atom. The molecule has 0 saturated carbocycles. The maximum atomic E-state index is 9.76. The lowest BCUT2D eigenvalue weighted by Crippen LogP contribution is -2.09. The Balaban J connectivity index is 1.85. The first-order chi connectivity index (χ1) is 14.7. The molecule has 2 fully saturated rings. The summed E-state index contributed by atoms with van der Waals surface area (Å²) in [5.41, 5.74) is 2.49. The largest absolute Gasteiger partial charge is 0.493 e. The molecule has 9 heteroatoms. The minimum absolute atomic E-state index is 0.0317. The van der Waals surface area contributed by atoms with E-state index in [1.54, 1.807) is 24.3 Å². The quantitative estimate of drug-likeness (QED) is 0.280. The highest BCUT2D eigenvalue weighted by atomic mass is 32.1. The number of epoxide rings is 2. The fourth-order valence-electron chi connectivity index (χ4n) is 3.10. The molecule has 0 aromatic heterocycles. The van der Waals surface area contributed by atoms with Gasteiger partial charge in [0.15, 0.2) is 23.0 Å². The van der Waals surface area contributed by atoms with Crippen molar-refractivity contribution >= 4 is 12.9 Å². The molecule has 2 atom stereocenters. The predicted octanol–water partition coefficient (Wildman–Crippen LogP) is 2.13. The summed E-state index contributed by atoms with van der Waals surface area (Å²) in [4.78, 5) is 0. The first-order valence-electron chi connectivity index (χ1n) is 9.57. The SMILES string of the molecule is COc1cc(CO)cc(-c2cc(CO)cc(OS)c2OCC2CO2)c1OCC1CO1. The van der Waals surface area contributed by atoms with Crippen molar-refractivity contribution in [2.75, 3.05) is 33.5 Å². The van der Waals surface area contributed by atoms with Crippen molar-refractivity contribution in [1.82, 2.24) is 0 Å². The number of ether oxygens (including phenoxy) is 5. The van der Waals surface area contributed by atoms with Crippen molar-refractivity contribution < 1.29 is 38.1 Å². The van der Waals surface area contributed by atoms with Gasteiger partial charge in [0, 0.05) is 24.0 Å². The second-order valence-corrected chi connectivity index (χ2v) is 7.27. The fraction of sp³-hybridized carbons (Fsp3) is 0.429. The first-order valence-corrected chi connectivity index (χ1v) is 9.93. The van der Waals surface area contributed by atoms with E-state index in [1.165, 1.54) is 7.11 Å². The van der Waals surface area contributed by atoms with E-state index in [-0.39, 0.29) is 25.4 Å². The van der Waals surface area contributed by atoms with Crippen molar-refractivity contribution in [3.63, 3.8) is 0 Å². The molecule has 2 aromatic rings. The average molecular weight is 436 g/mol. The van der Waals surface area contributed by atoms with Gasteiger partial charge in [-0.2, -0.15) is 0 Å². The Bertz CT molecular complexity index is 822. The molecular weight excluding hydrogens is 412 g/mol. The lowest BCUT2D eigenvalue weighted by molar-refractivity contribution is 0.250. The van der Waals surface area contributed by atoms with Gasteiger partial charge in [-0.1, -0.05) is 0 Å². The number of thiol groups is 1. The van der Waals surface area contributed by atoms with E-state index in [4.69, 9.17) is 27.9 Å². The summed E-state index contributed by atoms with van der Waals surface area (Å²) < 4.78 is 33.3. The van der Waals surface area contributed by atoms with Crippen LogP contribution in [0.25, 0.3) is 11.1 Å². The van der Waals surface area contributed by atoms with Crippen molar-refractivity contribution in [3.8, 4) is 34.1 Å². The Morgan fingerprint density at radius 3 is 1.73 bits per heavy atom. The summed E-state index contributed by atoms with van der Waals surface area (Å²) >= 11 is 3.96. The highest BCUT2D eigenvalue weighted by Crippen LogP contribution is 2.47. The van der Waals surface area contributed by atoms with Crippen LogP contribution in [0, 0.1) is 0 Å². The van der Waals surface area contributed by atoms with E-state index < -0.39 is 0 Å². The highest BCUT2D eigenvalue weighted by molar-refractivity contribution is 7.75. The number of aliphatic hydroxyl groups is 2. The van der Waals surface area contributed by atoms with E-state index in [0.29, 0.717) is 71.7 Å². The first kappa shape index (κ1) is 21.1. The molecule has 0 spiro atoms. The van der Waals surface area contributed by atoms with Gasteiger partial charge in [-0.15, -0.1) is 0 Å². The molecule has 30 heavy (non-hydrogen) atoms. The average Bonchev–Trinajstić information content (AvgIpc) is 3.70. The molecule has 8 nitrogen and oxygen atoms in total. The molecule has 0 bridgehead atoms. The zero-order valence-corrected chi connectivity index (χ0v) is 17.4. The molecule has 2 unspecified atom stereocenters. The van der Waals surface area contributed by atoms with Crippen molar-refractivity contribution in [2.24, 2.45) is 0 Å². The summed E-state index contributed by atoms with van der Waals surface area (Å²) in [6.45, 7) is 1.62. The molecule has 2 aliphatic heterocycles. The molecule has 0 amide bonds. The molecule has 2 N–H and O–H groups in total. The zero-order valence-electron chi connectivity index (χ0n) is 16.5. The Labute approximate surface area is 179 Å². The Kier molecular flexibility index (Phi) is 6.55. The van der Waals surface area contributed by atoms with Gasteiger partial charge < -0.3 is 38.1 Å². The Hall–Kier alpha value is -2.17. The van der Waals surface area contributed by atoms with Crippen LogP contribution < -0.4 is 18.4 Å². The molecule has 4 rings (SSSR count). The van der Waals surface area contributed by atoms with Gasteiger partial charge in [0.2, 0.25) is 0 Å². The van der Waals surface area contributed by atoms with Crippen LogP contribution in [0.15, 0.2) is 24.3 Å². The van der Waals surface area contributed by atoms with Crippen LogP contribution >= 0.6 is 12.9 Å². The smallest absolute Gasteiger partial charge is 0.179 e. The molecule has 2 aromatic carbocycles. The molecule has 2 aliphatic rings.